The molecule has 1 rings (SSSR count). The van der Waals surface area contributed by atoms with E-state index in [1.54, 1.807) is 0 Å². The van der Waals surface area contributed by atoms with E-state index in [0.717, 1.165) is 0 Å². The Kier molecular flexibility index (Phi) is 2.41. The average molecular weight is 132 g/mol. The van der Waals surface area contributed by atoms with Crippen LogP contribution in [0.5, 0.6) is 0 Å². The lowest BCUT2D eigenvalue weighted by Gasteiger charge is -2.24. The normalized spacial score (nSPS) is 23.0. The molecule has 1 aliphatic heterocycles. The van der Waals surface area contributed by atoms with Crippen LogP contribution in [0.1, 0.15) is 0 Å². The molecule has 4 N–H and O–H groups in total. The van der Waals surface area contributed by atoms with Crippen LogP contribution in [0.4, 0.5) is 0 Å². The van der Waals surface area contributed by atoms with Gasteiger partial charge in [0.05, 0.1) is 19.4 Å². The van der Waals surface area contributed by atoms with Crippen molar-refractivity contribution < 1.29 is 9.47 Å². The van der Waals surface area contributed by atoms with Gasteiger partial charge >= 0.3 is 0 Å². The quantitative estimate of drug-likeness (QED) is 0.442. The van der Waals surface area contributed by atoms with Crippen LogP contribution in [0, 0.1) is 5.92 Å². The summed E-state index contributed by atoms with van der Waals surface area (Å²) in [6, 6.07) is 0. The summed E-state index contributed by atoms with van der Waals surface area (Å²) < 4.78 is 9.92. The van der Waals surface area contributed by atoms with Crippen molar-refractivity contribution in [1.82, 2.24) is 0 Å². The maximum absolute atomic E-state index is 5.38. The first-order valence-corrected chi connectivity index (χ1v) is 2.97. The number of ether oxygens (including phenoxy) is 2. The lowest BCUT2D eigenvalue weighted by atomic mass is 10.1. The number of nitrogens with two attached hydrogens (primary N) is 2. The highest BCUT2D eigenvalue weighted by Crippen LogP contribution is 2.04. The Morgan fingerprint density at radius 2 is 1.78 bits per heavy atom. The highest BCUT2D eigenvalue weighted by atomic mass is 16.7. The van der Waals surface area contributed by atoms with E-state index >= 15 is 0 Å². The second-order valence-electron chi connectivity index (χ2n) is 2.20. The van der Waals surface area contributed by atoms with Gasteiger partial charge in [-0.3, -0.25) is 0 Å². The van der Waals surface area contributed by atoms with E-state index in [1.807, 2.05) is 0 Å². The Morgan fingerprint density at radius 3 is 2.11 bits per heavy atom. The molecule has 1 heterocycles. The standard InChI is InChI=1S/C5H12N2O2/c6-5(7)4-1-8-3-9-2-4/h4-5H,1-3,6-7H2. The van der Waals surface area contributed by atoms with Crippen molar-refractivity contribution in [2.75, 3.05) is 20.0 Å². The van der Waals surface area contributed by atoms with E-state index < -0.39 is 0 Å². The van der Waals surface area contributed by atoms with Crippen molar-refractivity contribution in [3.63, 3.8) is 0 Å². The summed E-state index contributed by atoms with van der Waals surface area (Å²) in [5.41, 5.74) is 10.8. The van der Waals surface area contributed by atoms with E-state index in [2.05, 4.69) is 0 Å². The third-order valence-electron chi connectivity index (χ3n) is 1.37. The van der Waals surface area contributed by atoms with Crippen molar-refractivity contribution in [1.29, 1.82) is 0 Å². The minimum absolute atomic E-state index is 0.166. The summed E-state index contributed by atoms with van der Waals surface area (Å²) in [6.07, 6.45) is -0.315. The third-order valence-corrected chi connectivity index (χ3v) is 1.37. The molecule has 1 aliphatic rings. The number of rotatable bonds is 1. The molecule has 4 heteroatoms. The lowest BCUT2D eigenvalue weighted by Crippen LogP contribution is -2.45. The Labute approximate surface area is 54.1 Å². The van der Waals surface area contributed by atoms with Gasteiger partial charge in [0.2, 0.25) is 0 Å². The molecule has 1 saturated heterocycles. The Hall–Kier alpha value is -0.160. The molecule has 0 radical (unpaired) electrons. The van der Waals surface area contributed by atoms with E-state index in [-0.39, 0.29) is 12.1 Å². The van der Waals surface area contributed by atoms with Crippen LogP contribution in [0.3, 0.4) is 0 Å². The molecule has 9 heavy (non-hydrogen) atoms. The van der Waals surface area contributed by atoms with Crippen LogP contribution < -0.4 is 11.5 Å². The topological polar surface area (TPSA) is 70.5 Å². The van der Waals surface area contributed by atoms with Crippen LogP contribution in [0.25, 0.3) is 0 Å². The predicted octanol–water partition coefficient (Wildman–Crippen LogP) is -1.15. The number of hydrogen-bond acceptors (Lipinski definition) is 4. The molecule has 0 aromatic heterocycles. The summed E-state index contributed by atoms with van der Waals surface area (Å²) >= 11 is 0. The van der Waals surface area contributed by atoms with Gasteiger partial charge in [0.1, 0.15) is 6.79 Å². The van der Waals surface area contributed by atoms with Crippen molar-refractivity contribution in [3.05, 3.63) is 0 Å². The summed E-state index contributed by atoms with van der Waals surface area (Å²) in [4.78, 5) is 0. The zero-order chi connectivity index (χ0) is 6.69. The van der Waals surface area contributed by atoms with Crippen molar-refractivity contribution in [3.8, 4) is 0 Å². The zero-order valence-corrected chi connectivity index (χ0v) is 5.25. The first kappa shape index (κ1) is 6.95. The largest absolute Gasteiger partial charge is 0.355 e. The second-order valence-corrected chi connectivity index (χ2v) is 2.20. The maximum Gasteiger partial charge on any atom is 0.146 e. The first-order valence-electron chi connectivity index (χ1n) is 2.97. The molecule has 0 amide bonds. The summed E-state index contributed by atoms with van der Waals surface area (Å²) in [6.45, 7) is 1.62. The summed E-state index contributed by atoms with van der Waals surface area (Å²) in [5, 5.41) is 0. The fourth-order valence-electron chi connectivity index (χ4n) is 0.728. The molecule has 54 valence electrons. The molecular weight excluding hydrogens is 120 g/mol. The molecule has 0 spiro atoms. The van der Waals surface area contributed by atoms with Crippen molar-refractivity contribution >= 4 is 0 Å². The molecule has 0 aromatic rings. The molecule has 0 aliphatic carbocycles. The van der Waals surface area contributed by atoms with Gasteiger partial charge < -0.3 is 20.9 Å². The minimum Gasteiger partial charge on any atom is -0.355 e. The molecule has 0 aromatic carbocycles. The Bertz CT molecular complexity index is 81.0. The van der Waals surface area contributed by atoms with Gasteiger partial charge in [0.25, 0.3) is 0 Å². The molecule has 0 saturated carbocycles. The first-order chi connectivity index (χ1) is 4.30. The van der Waals surface area contributed by atoms with Crippen LogP contribution in [-0.4, -0.2) is 26.2 Å². The van der Waals surface area contributed by atoms with E-state index in [0.29, 0.717) is 20.0 Å². The van der Waals surface area contributed by atoms with E-state index in [1.165, 1.54) is 0 Å². The summed E-state index contributed by atoms with van der Waals surface area (Å²) in [7, 11) is 0. The lowest BCUT2D eigenvalue weighted by molar-refractivity contribution is -0.129. The molecular formula is C5H12N2O2. The fraction of sp³-hybridized carbons (Fsp3) is 1.00. The molecule has 0 unspecified atom stereocenters. The minimum atomic E-state index is -0.315. The Morgan fingerprint density at radius 1 is 1.22 bits per heavy atom. The van der Waals surface area contributed by atoms with Crippen LogP contribution in [0.15, 0.2) is 0 Å². The zero-order valence-electron chi connectivity index (χ0n) is 5.25. The highest BCUT2D eigenvalue weighted by Gasteiger charge is 2.17. The van der Waals surface area contributed by atoms with Gasteiger partial charge in [-0.1, -0.05) is 0 Å². The fourth-order valence-corrected chi connectivity index (χ4v) is 0.728. The SMILES string of the molecule is NC(N)C1COCOC1. The van der Waals surface area contributed by atoms with Gasteiger partial charge in [-0.15, -0.1) is 0 Å². The third kappa shape index (κ3) is 1.91. The van der Waals surface area contributed by atoms with E-state index in [9.17, 15) is 0 Å². The maximum atomic E-state index is 5.38. The molecule has 0 atom stereocenters. The smallest absolute Gasteiger partial charge is 0.146 e. The van der Waals surface area contributed by atoms with E-state index in [4.69, 9.17) is 20.9 Å². The van der Waals surface area contributed by atoms with Crippen LogP contribution in [0.2, 0.25) is 0 Å². The molecule has 1 fully saturated rings. The average Bonchev–Trinajstić information content (AvgIpc) is 1.90. The summed E-state index contributed by atoms with van der Waals surface area (Å²) in [5.74, 6) is 0.166. The van der Waals surface area contributed by atoms with Crippen LogP contribution >= 0.6 is 0 Å². The Balaban J connectivity index is 2.23. The van der Waals surface area contributed by atoms with Crippen molar-refractivity contribution in [2.24, 2.45) is 17.4 Å². The molecule has 0 bridgehead atoms. The van der Waals surface area contributed by atoms with Gasteiger partial charge in [-0.25, -0.2) is 0 Å². The second kappa shape index (κ2) is 3.12. The van der Waals surface area contributed by atoms with Gasteiger partial charge in [-0.2, -0.15) is 0 Å². The van der Waals surface area contributed by atoms with Gasteiger partial charge in [-0.05, 0) is 0 Å². The monoisotopic (exact) mass is 132 g/mol. The molecule has 4 nitrogen and oxygen atoms in total. The van der Waals surface area contributed by atoms with Gasteiger partial charge in [0.15, 0.2) is 0 Å². The van der Waals surface area contributed by atoms with Crippen molar-refractivity contribution in [2.45, 2.75) is 6.17 Å². The highest BCUT2D eigenvalue weighted by molar-refractivity contribution is 4.67. The van der Waals surface area contributed by atoms with Crippen LogP contribution in [-0.2, 0) is 9.47 Å². The predicted molar refractivity (Wildman–Crippen MR) is 32.4 cm³/mol. The van der Waals surface area contributed by atoms with Gasteiger partial charge in [0, 0.05) is 5.92 Å². The number of hydrogen-bond donors (Lipinski definition) is 2.